The molecule has 0 atom stereocenters. The summed E-state index contributed by atoms with van der Waals surface area (Å²) in [4.78, 5) is 20.6. The Balaban J connectivity index is 1.07. The van der Waals surface area contributed by atoms with E-state index in [-0.39, 0.29) is 0 Å². The van der Waals surface area contributed by atoms with E-state index < -0.39 is 0 Å². The Kier molecular flexibility index (Phi) is 7.97. The Morgan fingerprint density at radius 2 is 0.737 bits per heavy atom. The minimum Gasteiger partial charge on any atom is -0.235 e. The van der Waals surface area contributed by atoms with Gasteiger partial charge in [0.1, 0.15) is 5.01 Å². The van der Waals surface area contributed by atoms with Gasteiger partial charge >= 0.3 is 0 Å². The number of rotatable bonds is 6. The molecule has 4 nitrogen and oxygen atoms in total. The highest BCUT2D eigenvalue weighted by Gasteiger charge is 2.19. The lowest BCUT2D eigenvalue weighted by Crippen LogP contribution is -2.00. The van der Waals surface area contributed by atoms with Crippen molar-refractivity contribution in [3.63, 3.8) is 0 Å². The Hall–Kier alpha value is -7.34. The third-order valence-corrected chi connectivity index (χ3v) is 11.9. The fraction of sp³-hybridized carbons (Fsp3) is 0. The van der Waals surface area contributed by atoms with Gasteiger partial charge < -0.3 is 0 Å². The molecule has 266 valence electrons. The molecule has 0 saturated carbocycles. The summed E-state index contributed by atoms with van der Waals surface area (Å²) in [6.45, 7) is 0. The summed E-state index contributed by atoms with van der Waals surface area (Å²) in [6, 6.07) is 68.0. The van der Waals surface area contributed by atoms with Crippen LogP contribution < -0.4 is 0 Å². The smallest absolute Gasteiger partial charge is 0.164 e. The molecule has 0 saturated heterocycles. The first-order chi connectivity index (χ1) is 28.2. The average Bonchev–Trinajstić information content (AvgIpc) is 3.76. The molecule has 57 heavy (non-hydrogen) atoms. The molecule has 0 spiro atoms. The molecule has 2 aromatic heterocycles. The largest absolute Gasteiger partial charge is 0.235 e. The number of thiazole rings is 1. The van der Waals surface area contributed by atoms with Crippen LogP contribution in [0.5, 0.6) is 0 Å². The number of nitrogens with zero attached hydrogens (tertiary/aromatic N) is 4. The third kappa shape index (κ3) is 5.84. The van der Waals surface area contributed by atoms with Crippen LogP contribution >= 0.6 is 11.3 Å². The standard InChI is InChI=1S/C52H32N4S/c1-4-14-33(15-5-1)34-24-26-36(27-25-34)50-54-49(35-16-6-2-7-17-35)55-51(56-50)45-31-30-39(40-20-10-11-22-42(40)45)38-28-29-43-41-21-12-13-23-44(41)48-47(46(43)32-38)53-52(57-48)37-18-8-3-9-19-37/h1-32H. The average molecular weight is 745 g/mol. The van der Waals surface area contributed by atoms with Crippen LogP contribution in [-0.4, -0.2) is 19.9 Å². The zero-order chi connectivity index (χ0) is 37.7. The van der Waals surface area contributed by atoms with Crippen molar-refractivity contribution in [1.29, 1.82) is 0 Å². The summed E-state index contributed by atoms with van der Waals surface area (Å²) in [6.07, 6.45) is 0. The molecule has 0 fully saturated rings. The quantitative estimate of drug-likeness (QED) is 0.159. The monoisotopic (exact) mass is 744 g/mol. The predicted molar refractivity (Wildman–Crippen MR) is 238 cm³/mol. The van der Waals surface area contributed by atoms with Crippen molar-refractivity contribution in [2.75, 3.05) is 0 Å². The van der Waals surface area contributed by atoms with E-state index in [1.54, 1.807) is 11.3 Å². The van der Waals surface area contributed by atoms with Gasteiger partial charge in [0.25, 0.3) is 0 Å². The molecule has 11 rings (SSSR count). The van der Waals surface area contributed by atoms with Gasteiger partial charge in [0, 0.05) is 33.0 Å². The van der Waals surface area contributed by atoms with Gasteiger partial charge in [0.2, 0.25) is 0 Å². The molecule has 5 heteroatoms. The van der Waals surface area contributed by atoms with Crippen molar-refractivity contribution in [3.05, 3.63) is 194 Å². The zero-order valence-electron chi connectivity index (χ0n) is 30.7. The molecule has 0 aliphatic heterocycles. The van der Waals surface area contributed by atoms with Crippen LogP contribution in [0.15, 0.2) is 194 Å². The number of hydrogen-bond acceptors (Lipinski definition) is 5. The number of hydrogen-bond donors (Lipinski definition) is 0. The van der Waals surface area contributed by atoms with Crippen molar-refractivity contribution in [2.24, 2.45) is 0 Å². The molecule has 11 aromatic rings. The van der Waals surface area contributed by atoms with E-state index in [4.69, 9.17) is 19.9 Å². The molecule has 0 aliphatic carbocycles. The maximum Gasteiger partial charge on any atom is 0.164 e. The summed E-state index contributed by atoms with van der Waals surface area (Å²) < 4.78 is 1.21. The normalized spacial score (nSPS) is 11.5. The number of aromatic nitrogens is 4. The molecule has 0 aliphatic rings. The molecule has 0 bridgehead atoms. The van der Waals surface area contributed by atoms with E-state index in [1.807, 2.05) is 36.4 Å². The minimum absolute atomic E-state index is 0.635. The van der Waals surface area contributed by atoms with Gasteiger partial charge in [-0.15, -0.1) is 11.3 Å². The van der Waals surface area contributed by atoms with Gasteiger partial charge in [-0.1, -0.05) is 182 Å². The van der Waals surface area contributed by atoms with Gasteiger partial charge in [-0.3, -0.25) is 0 Å². The van der Waals surface area contributed by atoms with E-state index in [2.05, 4.69) is 158 Å². The van der Waals surface area contributed by atoms with E-state index in [0.29, 0.717) is 17.5 Å². The summed E-state index contributed by atoms with van der Waals surface area (Å²) in [5.41, 5.74) is 9.60. The fourth-order valence-electron chi connectivity index (χ4n) is 7.98. The maximum atomic E-state index is 5.29. The van der Waals surface area contributed by atoms with Gasteiger partial charge in [-0.2, -0.15) is 0 Å². The van der Waals surface area contributed by atoms with E-state index >= 15 is 0 Å². The van der Waals surface area contributed by atoms with Crippen molar-refractivity contribution >= 4 is 53.9 Å². The summed E-state index contributed by atoms with van der Waals surface area (Å²) in [5, 5.41) is 8.07. The molecule has 9 aromatic carbocycles. The molecule has 0 unspecified atom stereocenters. The van der Waals surface area contributed by atoms with Crippen molar-refractivity contribution < 1.29 is 0 Å². The molecular formula is C52H32N4S. The van der Waals surface area contributed by atoms with E-state index in [9.17, 15) is 0 Å². The SMILES string of the molecule is c1ccc(-c2ccc(-c3nc(-c4ccccc4)nc(-c4ccc(-c5ccc6c7ccccc7c7sc(-c8ccccc8)nc7c6c5)c5ccccc45)n3)cc2)cc1. The van der Waals surface area contributed by atoms with Crippen LogP contribution in [-0.2, 0) is 0 Å². The Morgan fingerprint density at radius 1 is 0.281 bits per heavy atom. The topological polar surface area (TPSA) is 51.6 Å². The lowest BCUT2D eigenvalue weighted by molar-refractivity contribution is 1.08. The lowest BCUT2D eigenvalue weighted by atomic mass is 9.92. The molecule has 0 amide bonds. The second kappa shape index (κ2) is 13.7. The van der Waals surface area contributed by atoms with Crippen LogP contribution in [0.1, 0.15) is 0 Å². The van der Waals surface area contributed by atoms with E-state index in [1.165, 1.54) is 26.4 Å². The fourth-order valence-corrected chi connectivity index (χ4v) is 9.10. The highest BCUT2D eigenvalue weighted by molar-refractivity contribution is 7.22. The van der Waals surface area contributed by atoms with Crippen molar-refractivity contribution in [2.45, 2.75) is 0 Å². The molecule has 0 N–H and O–H groups in total. The summed E-state index contributed by atoms with van der Waals surface area (Å²) in [5.74, 6) is 1.91. The lowest BCUT2D eigenvalue weighted by Gasteiger charge is -2.14. The van der Waals surface area contributed by atoms with Crippen LogP contribution in [0.4, 0.5) is 0 Å². The van der Waals surface area contributed by atoms with Crippen LogP contribution in [0.25, 0.3) is 110 Å². The zero-order valence-corrected chi connectivity index (χ0v) is 31.5. The summed E-state index contributed by atoms with van der Waals surface area (Å²) in [7, 11) is 0. The van der Waals surface area contributed by atoms with Gasteiger partial charge in [0.15, 0.2) is 17.5 Å². The van der Waals surface area contributed by atoms with Crippen LogP contribution in [0.2, 0.25) is 0 Å². The Morgan fingerprint density at radius 3 is 1.42 bits per heavy atom. The van der Waals surface area contributed by atoms with Crippen molar-refractivity contribution in [1.82, 2.24) is 19.9 Å². The number of benzene rings is 9. The molecule has 2 heterocycles. The van der Waals surface area contributed by atoms with Crippen molar-refractivity contribution in [3.8, 4) is 67.0 Å². The van der Waals surface area contributed by atoms with Gasteiger partial charge in [-0.25, -0.2) is 19.9 Å². The van der Waals surface area contributed by atoms with E-state index in [0.717, 1.165) is 65.6 Å². The highest BCUT2D eigenvalue weighted by atomic mass is 32.1. The molecular weight excluding hydrogens is 713 g/mol. The van der Waals surface area contributed by atoms with Gasteiger partial charge in [0.05, 0.1) is 10.2 Å². The predicted octanol–water partition coefficient (Wildman–Crippen LogP) is 13.9. The minimum atomic E-state index is 0.635. The van der Waals surface area contributed by atoms with Crippen LogP contribution in [0.3, 0.4) is 0 Å². The first-order valence-corrected chi connectivity index (χ1v) is 19.9. The Labute approximate surface area is 333 Å². The third-order valence-electron chi connectivity index (χ3n) is 10.8. The first-order valence-electron chi connectivity index (χ1n) is 19.1. The second-order valence-corrected chi connectivity index (χ2v) is 15.2. The maximum absolute atomic E-state index is 5.29. The first kappa shape index (κ1) is 33.0. The van der Waals surface area contributed by atoms with Gasteiger partial charge in [-0.05, 0) is 55.9 Å². The number of fused-ring (bicyclic) bond motifs is 7. The summed E-state index contributed by atoms with van der Waals surface area (Å²) >= 11 is 1.77. The Bertz CT molecular complexity index is 3270. The highest BCUT2D eigenvalue weighted by Crippen LogP contribution is 2.43. The van der Waals surface area contributed by atoms with Crippen LogP contribution in [0, 0.1) is 0 Å². The molecule has 0 radical (unpaired) electrons. The second-order valence-electron chi connectivity index (χ2n) is 14.2.